The quantitative estimate of drug-likeness (QED) is 0.128. The third kappa shape index (κ3) is 6.41. The van der Waals surface area contributed by atoms with Gasteiger partial charge in [-0.25, -0.2) is 0 Å². The third-order valence-corrected chi connectivity index (χ3v) is 13.4. The molecule has 9 rings (SSSR count). The van der Waals surface area contributed by atoms with Crippen LogP contribution in [-0.4, -0.2) is 204 Å². The molecular weight excluding hydrogens is 802 g/mol. The van der Waals surface area contributed by atoms with E-state index in [0.717, 1.165) is 0 Å². The Hall–Kier alpha value is -3.97. The maximum absolute atomic E-state index is 7.18. The normalized spacial score (nSPS) is 11.8. The zero-order valence-corrected chi connectivity index (χ0v) is 36.4. The molecule has 0 spiro atoms. The SMILES string of the molecule is [B]c1c([B])c(-c2c([B])c([B])c([B])c3oc4c([B])c([B])c([B])c([B])c4c23)c([B])c([B])c1-c1c2c([B])c([B])c([B])c([B])c2c(-c2c([B])c([B])c3c([B])c([B])c([B])c([B])c3c2[B])c2c([B])c([B])c([B])c([B])c12. The molecule has 9 aromatic rings. The lowest BCUT2D eigenvalue weighted by atomic mass is 9.55. The summed E-state index contributed by atoms with van der Waals surface area (Å²) in [5.74, 6) is 0. The zero-order chi connectivity index (χ0) is 51.0. The first kappa shape index (κ1) is 50.0. The number of furan rings is 1. The Bertz CT molecular complexity index is 3860. The van der Waals surface area contributed by atoms with Crippen molar-refractivity contribution in [2.45, 2.75) is 0 Å². The monoisotopic (exact) mass is 806 g/mol. The van der Waals surface area contributed by atoms with Gasteiger partial charge in [0.1, 0.15) is 215 Å². The highest BCUT2D eigenvalue weighted by Crippen LogP contribution is 2.39. The van der Waals surface area contributed by atoms with Crippen LogP contribution in [0.4, 0.5) is 0 Å². The second-order valence-corrected chi connectivity index (χ2v) is 16.8. The molecule has 8 aromatic carbocycles. The van der Waals surface area contributed by atoms with Crippen molar-refractivity contribution in [3.05, 3.63) is 0 Å². The maximum Gasteiger partial charge on any atom is 0.128 e. The molecule has 0 N–H and O–H groups in total. The Kier molecular flexibility index (Phi) is 12.2. The molecule has 27 heteroatoms. The predicted octanol–water partition coefficient (Wildman–Crippen LogP) is -19.3. The van der Waals surface area contributed by atoms with E-state index >= 15 is 0 Å². The van der Waals surface area contributed by atoms with Crippen molar-refractivity contribution in [1.82, 2.24) is 0 Å². The molecule has 0 saturated heterocycles. The van der Waals surface area contributed by atoms with Crippen LogP contribution in [0.3, 0.4) is 0 Å². The van der Waals surface area contributed by atoms with E-state index < -0.39 is 0 Å². The Morgan fingerprint density at radius 3 is 0.696 bits per heavy atom. The molecule has 1 aromatic heterocycles. The van der Waals surface area contributed by atoms with Gasteiger partial charge in [-0.15, -0.1) is 49.2 Å². The first-order valence-corrected chi connectivity index (χ1v) is 20.2. The molecule has 69 heavy (non-hydrogen) atoms. The fourth-order valence-corrected chi connectivity index (χ4v) is 9.66. The summed E-state index contributed by atoms with van der Waals surface area (Å²) in [7, 11) is 175. The lowest BCUT2D eigenvalue weighted by Gasteiger charge is -2.33. The summed E-state index contributed by atoms with van der Waals surface area (Å²) in [4.78, 5) is 0. The smallest absolute Gasteiger partial charge is 0.128 e. The molecule has 0 aliphatic carbocycles. The summed E-state index contributed by atoms with van der Waals surface area (Å²) in [6, 6.07) is 0. The number of hydrogen-bond donors (Lipinski definition) is 0. The predicted molar refractivity (Wildman–Crippen MR) is 323 cm³/mol. The van der Waals surface area contributed by atoms with Crippen molar-refractivity contribution in [2.75, 3.05) is 0 Å². The van der Waals surface area contributed by atoms with Crippen molar-refractivity contribution in [1.29, 1.82) is 0 Å². The summed E-state index contributed by atoms with van der Waals surface area (Å²) < 4.78 is 6.18. The molecule has 1 heterocycles. The molecule has 0 aliphatic rings. The van der Waals surface area contributed by atoms with Gasteiger partial charge in [-0.3, -0.25) is 0 Å². The largest absolute Gasteiger partial charge is 0.457 e. The van der Waals surface area contributed by atoms with Gasteiger partial charge in [0.25, 0.3) is 0 Å². The first-order chi connectivity index (χ1) is 32.2. The molecule has 0 aliphatic heterocycles. The molecular formula is C42B26O. The summed E-state index contributed by atoms with van der Waals surface area (Å²) >= 11 is 0. The topological polar surface area (TPSA) is 13.1 Å². The van der Waals surface area contributed by atoms with Crippen LogP contribution in [0.15, 0.2) is 4.42 Å². The van der Waals surface area contributed by atoms with E-state index in [4.69, 9.17) is 208 Å². The van der Waals surface area contributed by atoms with E-state index in [2.05, 4.69) is 0 Å². The average Bonchev–Trinajstić information content (AvgIpc) is 3.72. The van der Waals surface area contributed by atoms with E-state index in [-0.39, 0.29) is 230 Å². The highest BCUT2D eigenvalue weighted by atomic mass is 16.3. The molecule has 0 fully saturated rings. The van der Waals surface area contributed by atoms with E-state index in [9.17, 15) is 0 Å². The van der Waals surface area contributed by atoms with E-state index in [0.29, 0.717) is 0 Å². The maximum atomic E-state index is 7.18. The van der Waals surface area contributed by atoms with Crippen molar-refractivity contribution in [3.8, 4) is 33.4 Å². The molecule has 0 atom stereocenters. The van der Waals surface area contributed by atoms with E-state index in [1.807, 2.05) is 0 Å². The first-order valence-electron chi connectivity index (χ1n) is 20.2. The summed E-state index contributed by atoms with van der Waals surface area (Å²) in [6.45, 7) is 0. The van der Waals surface area contributed by atoms with Crippen molar-refractivity contribution in [2.24, 2.45) is 0 Å². The highest BCUT2D eigenvalue weighted by molar-refractivity contribution is 6.77. The summed E-state index contributed by atoms with van der Waals surface area (Å²) in [5.41, 5.74) is -4.01. The number of rotatable bonds is 3. The Morgan fingerprint density at radius 1 is 0.130 bits per heavy atom. The summed E-state index contributed by atoms with van der Waals surface area (Å²) in [6.07, 6.45) is 0. The Morgan fingerprint density at radius 2 is 0.333 bits per heavy atom. The van der Waals surface area contributed by atoms with Gasteiger partial charge in [0.05, 0.1) is 0 Å². The van der Waals surface area contributed by atoms with Crippen LogP contribution < -0.4 is 142 Å². The summed E-state index contributed by atoms with van der Waals surface area (Å²) in [5, 5.41) is 0.411. The molecule has 52 radical (unpaired) electrons. The molecule has 0 unspecified atom stereocenters. The Balaban J connectivity index is 1.55. The molecule has 1 nitrogen and oxygen atoms in total. The Labute approximate surface area is 435 Å². The molecule has 252 valence electrons. The van der Waals surface area contributed by atoms with Gasteiger partial charge < -0.3 is 4.42 Å². The average molecular weight is 802 g/mol. The second kappa shape index (κ2) is 16.8. The van der Waals surface area contributed by atoms with Gasteiger partial charge in [0, 0.05) is 10.8 Å². The second-order valence-electron chi connectivity index (χ2n) is 16.8. The minimum absolute atomic E-state index is 0.00272. The van der Waals surface area contributed by atoms with Gasteiger partial charge in [-0.1, -0.05) is 92.9 Å². The minimum Gasteiger partial charge on any atom is -0.457 e. The third-order valence-electron chi connectivity index (χ3n) is 13.4. The van der Waals surface area contributed by atoms with Gasteiger partial charge >= 0.3 is 0 Å². The number of fused-ring (bicyclic) bond motifs is 6. The number of hydrogen-bond acceptors (Lipinski definition) is 1. The van der Waals surface area contributed by atoms with Crippen LogP contribution in [-0.2, 0) is 0 Å². The fourth-order valence-electron chi connectivity index (χ4n) is 9.66. The molecule has 0 bridgehead atoms. The van der Waals surface area contributed by atoms with Crippen LogP contribution in [0, 0.1) is 0 Å². The lowest BCUT2D eigenvalue weighted by Crippen LogP contribution is -2.53. The van der Waals surface area contributed by atoms with Crippen molar-refractivity contribution in [3.63, 3.8) is 0 Å². The minimum atomic E-state index is -0.258. The molecule has 0 amide bonds. The van der Waals surface area contributed by atoms with E-state index in [1.165, 1.54) is 0 Å². The molecule has 0 saturated carbocycles. The van der Waals surface area contributed by atoms with Crippen molar-refractivity contribution >= 4 is 400 Å². The van der Waals surface area contributed by atoms with Gasteiger partial charge in [-0.05, 0) is 65.7 Å². The van der Waals surface area contributed by atoms with Crippen LogP contribution in [0.1, 0.15) is 0 Å². The van der Waals surface area contributed by atoms with Gasteiger partial charge in [0.2, 0.25) is 0 Å². The van der Waals surface area contributed by atoms with Crippen LogP contribution in [0.25, 0.3) is 87.6 Å². The lowest BCUT2D eigenvalue weighted by molar-refractivity contribution is 0.675. The standard InChI is InChI=1S/C42B26O/c43-15-9(21(49)26(54)13-12(15)27(55)34(62)35(63)28(13)56)1-3-5(18(46)32(60)30(58)16(3)44)2(6-4(1)17(45)31(59)33(61)19(6)47)10-22(50)24(52)11(25(53)23(10)51)7-8-14-29(57)36(64)38(66)40(68)42(14)69-41(8)39(67)37(65)20(7)48. The van der Waals surface area contributed by atoms with Crippen LogP contribution in [0.2, 0.25) is 0 Å². The van der Waals surface area contributed by atoms with Crippen LogP contribution >= 0.6 is 0 Å². The zero-order valence-electron chi connectivity index (χ0n) is 36.4. The number of benzene rings is 8. The highest BCUT2D eigenvalue weighted by Gasteiger charge is 2.31. The fraction of sp³-hybridized carbons (Fsp3) is 0. The van der Waals surface area contributed by atoms with E-state index in [1.54, 1.807) is 0 Å². The van der Waals surface area contributed by atoms with Crippen LogP contribution in [0.5, 0.6) is 0 Å². The van der Waals surface area contributed by atoms with Crippen molar-refractivity contribution < 1.29 is 4.42 Å². The van der Waals surface area contributed by atoms with Gasteiger partial charge in [-0.2, -0.15) is 0 Å². The van der Waals surface area contributed by atoms with Gasteiger partial charge in [0.15, 0.2) is 0 Å².